The molecule has 0 N–H and O–H groups in total. The summed E-state index contributed by atoms with van der Waals surface area (Å²) in [4.78, 5) is 17.0. The van der Waals surface area contributed by atoms with Crippen LogP contribution in [0.5, 0.6) is 0 Å². The fourth-order valence-electron chi connectivity index (χ4n) is 3.68. The predicted molar refractivity (Wildman–Crippen MR) is 105 cm³/mol. The van der Waals surface area contributed by atoms with Crippen molar-refractivity contribution in [1.82, 2.24) is 4.90 Å². The van der Waals surface area contributed by atoms with Crippen LogP contribution in [-0.2, 0) is 20.7 Å². The lowest BCUT2D eigenvalue weighted by molar-refractivity contribution is -0.138. The van der Waals surface area contributed by atoms with Crippen molar-refractivity contribution >= 4 is 11.6 Å². The van der Waals surface area contributed by atoms with Crippen molar-refractivity contribution in [3.05, 3.63) is 65.7 Å². The zero-order valence-electron chi connectivity index (χ0n) is 15.5. The number of hydrogen-bond acceptors (Lipinski definition) is 4. The lowest BCUT2D eigenvalue weighted by Crippen LogP contribution is -2.43. The monoisotopic (exact) mass is 366 g/mol. The molecular weight excluding hydrogens is 340 g/mol. The first-order valence-corrected chi connectivity index (χ1v) is 9.65. The zero-order chi connectivity index (χ0) is 18.5. The van der Waals surface area contributed by atoms with Gasteiger partial charge in [-0.15, -0.1) is 0 Å². The van der Waals surface area contributed by atoms with Crippen molar-refractivity contribution in [3.8, 4) is 0 Å². The first-order valence-electron chi connectivity index (χ1n) is 9.65. The number of hydrogen-bond donors (Lipinski definition) is 0. The Balaban J connectivity index is 1.35. The van der Waals surface area contributed by atoms with E-state index in [4.69, 9.17) is 9.47 Å². The average Bonchev–Trinajstić information content (AvgIpc) is 2.75. The van der Waals surface area contributed by atoms with Gasteiger partial charge in [0.2, 0.25) is 5.91 Å². The average molecular weight is 366 g/mol. The van der Waals surface area contributed by atoms with E-state index >= 15 is 0 Å². The second kappa shape index (κ2) is 8.55. The number of amides is 1. The molecule has 4 rings (SSSR count). The molecule has 0 bridgehead atoms. The molecule has 27 heavy (non-hydrogen) atoms. The Hall–Kier alpha value is -2.37. The molecule has 2 aromatic carbocycles. The maximum atomic E-state index is 12.8. The first-order chi connectivity index (χ1) is 13.3. The predicted octanol–water partition coefficient (Wildman–Crippen LogP) is 2.67. The van der Waals surface area contributed by atoms with Crippen LogP contribution in [0.15, 0.2) is 54.6 Å². The highest BCUT2D eigenvalue weighted by Crippen LogP contribution is 2.23. The van der Waals surface area contributed by atoms with E-state index in [2.05, 4.69) is 41.3 Å². The Labute approximate surface area is 160 Å². The fourth-order valence-corrected chi connectivity index (χ4v) is 3.68. The number of rotatable bonds is 4. The van der Waals surface area contributed by atoms with Crippen LogP contribution in [0.25, 0.3) is 0 Å². The van der Waals surface area contributed by atoms with Gasteiger partial charge >= 0.3 is 0 Å². The molecule has 142 valence electrons. The Bertz CT molecular complexity index is 742. The van der Waals surface area contributed by atoms with E-state index in [0.717, 1.165) is 37.4 Å². The standard InChI is InChI=1S/C22H26N2O3/c25-22(24-12-15-27-21(17-24)19-4-2-1-3-5-19)16-18-6-8-20(9-7-18)23-10-13-26-14-11-23/h1-9,21H,10-17H2. The number of carbonyl (C=O) groups is 1. The largest absolute Gasteiger partial charge is 0.378 e. The normalized spacial score (nSPS) is 20.5. The fraction of sp³-hybridized carbons (Fsp3) is 0.409. The molecule has 5 nitrogen and oxygen atoms in total. The molecule has 2 aliphatic heterocycles. The SMILES string of the molecule is O=C(Cc1ccc(N2CCOCC2)cc1)N1CCOC(c2ccccc2)C1. The van der Waals surface area contributed by atoms with Gasteiger partial charge in [-0.25, -0.2) is 0 Å². The van der Waals surface area contributed by atoms with Crippen molar-refractivity contribution in [3.63, 3.8) is 0 Å². The smallest absolute Gasteiger partial charge is 0.227 e. The summed E-state index contributed by atoms with van der Waals surface area (Å²) in [6.45, 7) is 5.27. The molecule has 1 atom stereocenters. The van der Waals surface area contributed by atoms with Crippen molar-refractivity contribution in [2.24, 2.45) is 0 Å². The maximum Gasteiger partial charge on any atom is 0.227 e. The number of morpholine rings is 2. The summed E-state index contributed by atoms with van der Waals surface area (Å²) in [5.41, 5.74) is 3.38. The summed E-state index contributed by atoms with van der Waals surface area (Å²) >= 11 is 0. The lowest BCUT2D eigenvalue weighted by Gasteiger charge is -2.33. The second-order valence-corrected chi connectivity index (χ2v) is 7.05. The van der Waals surface area contributed by atoms with Gasteiger partial charge in [-0.1, -0.05) is 42.5 Å². The van der Waals surface area contributed by atoms with E-state index in [1.54, 1.807) is 0 Å². The van der Waals surface area contributed by atoms with E-state index in [0.29, 0.717) is 26.1 Å². The van der Waals surface area contributed by atoms with Crippen LogP contribution in [0.4, 0.5) is 5.69 Å². The number of ether oxygens (including phenoxy) is 2. The van der Waals surface area contributed by atoms with Gasteiger partial charge in [0.1, 0.15) is 6.10 Å². The quantitative estimate of drug-likeness (QED) is 0.834. The van der Waals surface area contributed by atoms with Crippen LogP contribution in [0.3, 0.4) is 0 Å². The highest BCUT2D eigenvalue weighted by Gasteiger charge is 2.25. The van der Waals surface area contributed by atoms with Gasteiger partial charge in [-0.2, -0.15) is 0 Å². The van der Waals surface area contributed by atoms with E-state index in [1.165, 1.54) is 5.69 Å². The Morgan fingerprint density at radius 1 is 0.926 bits per heavy atom. The third kappa shape index (κ3) is 4.49. The summed E-state index contributed by atoms with van der Waals surface area (Å²) in [5.74, 6) is 0.165. The summed E-state index contributed by atoms with van der Waals surface area (Å²) in [7, 11) is 0. The molecule has 0 saturated carbocycles. The highest BCUT2D eigenvalue weighted by molar-refractivity contribution is 5.79. The molecule has 0 spiro atoms. The van der Waals surface area contributed by atoms with E-state index in [1.807, 2.05) is 23.1 Å². The van der Waals surface area contributed by atoms with Crippen LogP contribution in [0.1, 0.15) is 17.2 Å². The van der Waals surface area contributed by atoms with Gasteiger partial charge in [-0.3, -0.25) is 4.79 Å². The van der Waals surface area contributed by atoms with Crippen LogP contribution in [-0.4, -0.2) is 56.8 Å². The zero-order valence-corrected chi connectivity index (χ0v) is 15.5. The molecule has 1 amide bonds. The van der Waals surface area contributed by atoms with Crippen LogP contribution < -0.4 is 4.90 Å². The number of carbonyl (C=O) groups excluding carboxylic acids is 1. The Morgan fingerprint density at radius 2 is 1.67 bits per heavy atom. The molecule has 5 heteroatoms. The van der Waals surface area contributed by atoms with Gasteiger partial charge in [0.15, 0.2) is 0 Å². The first kappa shape index (κ1) is 18.0. The van der Waals surface area contributed by atoms with Gasteiger partial charge in [0.05, 0.1) is 32.8 Å². The third-order valence-corrected chi connectivity index (χ3v) is 5.26. The minimum atomic E-state index is -0.0346. The van der Waals surface area contributed by atoms with Crippen LogP contribution in [0.2, 0.25) is 0 Å². The van der Waals surface area contributed by atoms with E-state index in [9.17, 15) is 4.79 Å². The summed E-state index contributed by atoms with van der Waals surface area (Å²) in [6, 6.07) is 18.5. The molecule has 2 aliphatic rings. The Kier molecular flexibility index (Phi) is 5.70. The number of benzene rings is 2. The second-order valence-electron chi connectivity index (χ2n) is 7.05. The van der Waals surface area contributed by atoms with Gasteiger partial charge < -0.3 is 19.3 Å². The van der Waals surface area contributed by atoms with Crippen molar-refractivity contribution in [2.75, 3.05) is 50.9 Å². The molecule has 2 heterocycles. The molecule has 2 saturated heterocycles. The van der Waals surface area contributed by atoms with E-state index in [-0.39, 0.29) is 12.0 Å². The van der Waals surface area contributed by atoms with E-state index < -0.39 is 0 Å². The maximum absolute atomic E-state index is 12.8. The summed E-state index contributed by atoms with van der Waals surface area (Å²) in [5, 5.41) is 0. The minimum absolute atomic E-state index is 0.0346. The van der Waals surface area contributed by atoms with Gasteiger partial charge in [0.25, 0.3) is 0 Å². The van der Waals surface area contributed by atoms with Gasteiger partial charge in [0, 0.05) is 25.3 Å². The van der Waals surface area contributed by atoms with Crippen LogP contribution in [0, 0.1) is 0 Å². The van der Waals surface area contributed by atoms with Crippen molar-refractivity contribution in [1.29, 1.82) is 0 Å². The third-order valence-electron chi connectivity index (χ3n) is 5.26. The molecule has 2 aromatic rings. The highest BCUT2D eigenvalue weighted by atomic mass is 16.5. The lowest BCUT2D eigenvalue weighted by atomic mass is 10.1. The topological polar surface area (TPSA) is 42.0 Å². The van der Waals surface area contributed by atoms with Crippen molar-refractivity contribution < 1.29 is 14.3 Å². The number of nitrogens with zero attached hydrogens (tertiary/aromatic N) is 2. The number of anilines is 1. The summed E-state index contributed by atoms with van der Waals surface area (Å²) < 4.78 is 11.3. The molecule has 0 aliphatic carbocycles. The molecule has 1 unspecified atom stereocenters. The molecule has 0 aromatic heterocycles. The summed E-state index contributed by atoms with van der Waals surface area (Å²) in [6.07, 6.45) is 0.401. The van der Waals surface area contributed by atoms with Gasteiger partial charge in [-0.05, 0) is 23.3 Å². The Morgan fingerprint density at radius 3 is 2.41 bits per heavy atom. The van der Waals surface area contributed by atoms with Crippen molar-refractivity contribution in [2.45, 2.75) is 12.5 Å². The minimum Gasteiger partial charge on any atom is -0.378 e. The van der Waals surface area contributed by atoms with Crippen LogP contribution >= 0.6 is 0 Å². The molecular formula is C22H26N2O3. The molecule has 0 radical (unpaired) electrons. The molecule has 2 fully saturated rings.